The fourth-order valence-corrected chi connectivity index (χ4v) is 5.60. The van der Waals surface area contributed by atoms with Crippen molar-refractivity contribution in [1.82, 2.24) is 4.98 Å². The summed E-state index contributed by atoms with van der Waals surface area (Å²) in [5.74, 6) is 4.11. The molecule has 0 saturated heterocycles. The summed E-state index contributed by atoms with van der Waals surface area (Å²) in [7, 11) is 0. The zero-order chi connectivity index (χ0) is 18.9. The molecule has 1 aromatic heterocycles. The number of aryl methyl sites for hydroxylation is 2. The molecule has 1 nitrogen and oxygen atoms in total. The Morgan fingerprint density at radius 3 is 1.74 bits per heavy atom. The van der Waals surface area contributed by atoms with Gasteiger partial charge in [-0.1, -0.05) is 97.0 Å². The molecule has 2 fully saturated rings. The number of hydrogen-bond acceptors (Lipinski definition) is 1. The minimum atomic E-state index is 0.957. The molecule has 0 radical (unpaired) electrons. The zero-order valence-electron chi connectivity index (χ0n) is 18.1. The maximum absolute atomic E-state index is 4.69. The van der Waals surface area contributed by atoms with Crippen molar-refractivity contribution in [2.24, 2.45) is 23.7 Å². The summed E-state index contributed by atoms with van der Waals surface area (Å²) in [4.78, 5) is 4.69. The van der Waals surface area contributed by atoms with Gasteiger partial charge < -0.3 is 0 Å². The number of rotatable bonds is 9. The van der Waals surface area contributed by atoms with Gasteiger partial charge in [0.2, 0.25) is 0 Å². The second-order valence-corrected chi connectivity index (χ2v) is 9.71. The van der Waals surface area contributed by atoms with E-state index in [0.29, 0.717) is 0 Å². The van der Waals surface area contributed by atoms with Crippen LogP contribution in [0.5, 0.6) is 0 Å². The number of nitrogens with zero attached hydrogens (tertiary/aromatic N) is 1. The van der Waals surface area contributed by atoms with Crippen LogP contribution >= 0.6 is 0 Å². The Morgan fingerprint density at radius 1 is 0.704 bits per heavy atom. The maximum Gasteiger partial charge on any atom is 0.0403 e. The lowest BCUT2D eigenvalue weighted by molar-refractivity contribution is 0.211. The summed E-state index contributed by atoms with van der Waals surface area (Å²) in [6.07, 6.45) is 23.5. The monoisotopic (exact) mass is 369 g/mol. The Bertz CT molecular complexity index is 504. The summed E-state index contributed by atoms with van der Waals surface area (Å²) < 4.78 is 0. The van der Waals surface area contributed by atoms with Crippen LogP contribution in [0.15, 0.2) is 18.3 Å². The van der Waals surface area contributed by atoms with Crippen molar-refractivity contribution in [3.05, 3.63) is 29.6 Å². The van der Waals surface area contributed by atoms with Crippen LogP contribution in [0.4, 0.5) is 0 Å². The second-order valence-electron chi connectivity index (χ2n) is 9.71. The highest BCUT2D eigenvalue weighted by molar-refractivity contribution is 5.14. The molecule has 152 valence electrons. The zero-order valence-corrected chi connectivity index (χ0v) is 18.1. The molecule has 1 heterocycles. The largest absolute Gasteiger partial charge is 0.261 e. The lowest BCUT2D eigenvalue weighted by atomic mass is 9.74. The lowest BCUT2D eigenvalue weighted by Crippen LogP contribution is -2.18. The van der Waals surface area contributed by atoms with Crippen molar-refractivity contribution in [3.63, 3.8) is 0 Å². The molecule has 2 aliphatic carbocycles. The van der Waals surface area contributed by atoms with Crippen molar-refractivity contribution in [3.8, 4) is 0 Å². The number of aromatic nitrogens is 1. The molecular formula is C26H43N. The molecule has 0 N–H and O–H groups in total. The van der Waals surface area contributed by atoms with E-state index >= 15 is 0 Å². The van der Waals surface area contributed by atoms with E-state index in [2.05, 4.69) is 37.2 Å². The summed E-state index contributed by atoms with van der Waals surface area (Å²) in [6, 6.07) is 4.56. The van der Waals surface area contributed by atoms with Crippen molar-refractivity contribution < 1.29 is 0 Å². The van der Waals surface area contributed by atoms with Crippen molar-refractivity contribution >= 4 is 0 Å². The van der Waals surface area contributed by atoms with Crippen LogP contribution in [0, 0.1) is 23.7 Å². The highest BCUT2D eigenvalue weighted by atomic mass is 14.7. The normalized spacial score (nSPS) is 29.0. The van der Waals surface area contributed by atoms with Gasteiger partial charge in [0.15, 0.2) is 0 Å². The summed E-state index contributed by atoms with van der Waals surface area (Å²) in [5, 5.41) is 0. The van der Waals surface area contributed by atoms with Gasteiger partial charge in [0.25, 0.3) is 0 Å². The molecule has 0 atom stereocenters. The Kier molecular flexibility index (Phi) is 8.68. The molecule has 0 amide bonds. The first-order valence-corrected chi connectivity index (χ1v) is 12.2. The quantitative estimate of drug-likeness (QED) is 0.433. The highest BCUT2D eigenvalue weighted by Crippen LogP contribution is 2.38. The molecule has 0 spiro atoms. The van der Waals surface area contributed by atoms with Crippen molar-refractivity contribution in [2.75, 3.05) is 0 Å². The Hall–Kier alpha value is -0.850. The third-order valence-electron chi connectivity index (χ3n) is 7.73. The molecule has 2 saturated carbocycles. The summed E-state index contributed by atoms with van der Waals surface area (Å²) >= 11 is 0. The maximum atomic E-state index is 4.69. The molecule has 0 aliphatic heterocycles. The number of hydrogen-bond donors (Lipinski definition) is 0. The van der Waals surface area contributed by atoms with Gasteiger partial charge in [-0.3, -0.25) is 4.98 Å². The van der Waals surface area contributed by atoms with Gasteiger partial charge in [-0.2, -0.15) is 0 Å². The third kappa shape index (κ3) is 6.91. The standard InChI is InChI=1S/C26H43N/c1-3-5-25-17-19-26(27-20-25)18-16-24-14-12-23(13-15-24)11-10-22-8-6-21(4-2)7-9-22/h17,19-24H,3-16,18H2,1-2H3. The van der Waals surface area contributed by atoms with Gasteiger partial charge in [0, 0.05) is 11.9 Å². The van der Waals surface area contributed by atoms with Crippen molar-refractivity contribution in [1.29, 1.82) is 0 Å². The van der Waals surface area contributed by atoms with E-state index in [1.165, 1.54) is 101 Å². The van der Waals surface area contributed by atoms with Crippen LogP contribution in [0.3, 0.4) is 0 Å². The Balaban J connectivity index is 1.28. The SMILES string of the molecule is CCCc1ccc(CCC2CCC(CCC3CCC(CC)CC3)CC2)nc1. The average molecular weight is 370 g/mol. The molecule has 0 aromatic carbocycles. The first-order chi connectivity index (χ1) is 13.3. The van der Waals surface area contributed by atoms with E-state index in [4.69, 9.17) is 0 Å². The predicted octanol–water partition coefficient (Wildman–Crippen LogP) is 7.77. The van der Waals surface area contributed by atoms with Crippen LogP contribution in [-0.4, -0.2) is 4.98 Å². The van der Waals surface area contributed by atoms with E-state index in [1.807, 2.05) is 0 Å². The molecule has 2 aliphatic rings. The minimum absolute atomic E-state index is 0.957. The fourth-order valence-electron chi connectivity index (χ4n) is 5.60. The third-order valence-corrected chi connectivity index (χ3v) is 7.73. The Morgan fingerprint density at radius 2 is 1.26 bits per heavy atom. The topological polar surface area (TPSA) is 12.9 Å². The van der Waals surface area contributed by atoms with Crippen LogP contribution in [0.2, 0.25) is 0 Å². The predicted molar refractivity (Wildman–Crippen MR) is 117 cm³/mol. The number of pyridine rings is 1. The van der Waals surface area contributed by atoms with E-state index in [0.717, 1.165) is 30.1 Å². The van der Waals surface area contributed by atoms with Crippen molar-refractivity contribution in [2.45, 2.75) is 110 Å². The van der Waals surface area contributed by atoms with E-state index < -0.39 is 0 Å². The Labute approximate surface area is 168 Å². The summed E-state index contributed by atoms with van der Waals surface area (Å²) in [5.41, 5.74) is 2.70. The van der Waals surface area contributed by atoms with Crippen LogP contribution in [-0.2, 0) is 12.8 Å². The van der Waals surface area contributed by atoms with Gasteiger partial charge in [0.05, 0.1) is 0 Å². The minimum Gasteiger partial charge on any atom is -0.261 e. The van der Waals surface area contributed by atoms with E-state index in [-0.39, 0.29) is 0 Å². The molecule has 0 unspecified atom stereocenters. The average Bonchev–Trinajstić information content (AvgIpc) is 2.73. The first kappa shape index (κ1) is 20.9. The van der Waals surface area contributed by atoms with Crippen LogP contribution in [0.1, 0.15) is 109 Å². The van der Waals surface area contributed by atoms with Gasteiger partial charge >= 0.3 is 0 Å². The van der Waals surface area contributed by atoms with E-state index in [9.17, 15) is 0 Å². The molecule has 27 heavy (non-hydrogen) atoms. The van der Waals surface area contributed by atoms with E-state index in [1.54, 1.807) is 0 Å². The molecule has 3 rings (SSSR count). The molecule has 0 bridgehead atoms. The van der Waals surface area contributed by atoms with Gasteiger partial charge in [-0.05, 0) is 54.6 Å². The lowest BCUT2D eigenvalue weighted by Gasteiger charge is -2.31. The van der Waals surface area contributed by atoms with Gasteiger partial charge in [-0.15, -0.1) is 0 Å². The molecular weight excluding hydrogens is 326 g/mol. The first-order valence-electron chi connectivity index (χ1n) is 12.2. The van der Waals surface area contributed by atoms with Gasteiger partial charge in [-0.25, -0.2) is 0 Å². The molecule has 1 aromatic rings. The fraction of sp³-hybridized carbons (Fsp3) is 0.808. The van der Waals surface area contributed by atoms with Crippen LogP contribution in [0.25, 0.3) is 0 Å². The van der Waals surface area contributed by atoms with Crippen LogP contribution < -0.4 is 0 Å². The highest BCUT2D eigenvalue weighted by Gasteiger charge is 2.24. The molecule has 1 heteroatoms. The van der Waals surface area contributed by atoms with Gasteiger partial charge in [0.1, 0.15) is 0 Å². The smallest absolute Gasteiger partial charge is 0.0403 e. The second kappa shape index (κ2) is 11.2. The summed E-state index contributed by atoms with van der Waals surface area (Å²) in [6.45, 7) is 4.61.